The normalized spacial score (nSPS) is 11.4. The number of unbranched alkanes of at least 4 members (excludes halogenated alkanes) is 3. The van der Waals surface area contributed by atoms with Crippen molar-refractivity contribution in [1.82, 2.24) is 4.90 Å². The highest BCUT2D eigenvalue weighted by Gasteiger charge is 2.02. The van der Waals surface area contributed by atoms with E-state index in [4.69, 9.17) is 4.43 Å². The van der Waals surface area contributed by atoms with Crippen LogP contribution < -0.4 is 0 Å². The van der Waals surface area contributed by atoms with Crippen LogP contribution in [0.3, 0.4) is 0 Å². The molecule has 0 fully saturated rings. The highest BCUT2D eigenvalue weighted by atomic mass is 28.2. The summed E-state index contributed by atoms with van der Waals surface area (Å²) in [6.45, 7) is 9.37. The first-order chi connectivity index (χ1) is 7.35. The Bertz CT molecular complexity index is 114. The zero-order valence-corrected chi connectivity index (χ0v) is 12.9. The third-order valence-corrected chi connectivity index (χ3v) is 3.14. The number of rotatable bonds is 11. The highest BCUT2D eigenvalue weighted by Crippen LogP contribution is 2.02. The molecule has 0 aromatic heterocycles. The first kappa shape index (κ1) is 15.1. The summed E-state index contributed by atoms with van der Waals surface area (Å²) in [6.07, 6.45) is 7.86. The van der Waals surface area contributed by atoms with E-state index in [9.17, 15) is 0 Å². The van der Waals surface area contributed by atoms with Crippen molar-refractivity contribution in [2.75, 3.05) is 26.2 Å². The summed E-state index contributed by atoms with van der Waals surface area (Å²) >= 11 is 0. The van der Waals surface area contributed by atoms with Crippen LogP contribution in [0, 0.1) is 0 Å². The predicted molar refractivity (Wildman–Crippen MR) is 71.4 cm³/mol. The molecule has 0 aliphatic rings. The molecular formula is C12H29NOSi. The van der Waals surface area contributed by atoms with Crippen LogP contribution in [0.5, 0.6) is 0 Å². The van der Waals surface area contributed by atoms with E-state index in [0.717, 1.165) is 17.1 Å². The Morgan fingerprint density at radius 1 is 0.867 bits per heavy atom. The monoisotopic (exact) mass is 231 g/mol. The smallest absolute Gasteiger partial charge is 0.145 e. The fourth-order valence-electron chi connectivity index (χ4n) is 1.68. The molecule has 0 aliphatic heterocycles. The van der Waals surface area contributed by atoms with E-state index < -0.39 is 0 Å². The van der Waals surface area contributed by atoms with Gasteiger partial charge in [0.2, 0.25) is 0 Å². The van der Waals surface area contributed by atoms with Crippen molar-refractivity contribution in [2.24, 2.45) is 0 Å². The molecule has 0 heterocycles. The molecule has 0 radical (unpaired) electrons. The summed E-state index contributed by atoms with van der Waals surface area (Å²) in [5, 5.41) is 0. The second-order valence-corrected chi connectivity index (χ2v) is 4.83. The Labute approximate surface area is 98.9 Å². The van der Waals surface area contributed by atoms with E-state index in [0.29, 0.717) is 0 Å². The minimum atomic E-state index is 0.892. The Morgan fingerprint density at radius 3 is 1.87 bits per heavy atom. The third-order valence-electron chi connectivity index (χ3n) is 2.73. The van der Waals surface area contributed by atoms with Crippen LogP contribution in [-0.2, 0) is 4.43 Å². The van der Waals surface area contributed by atoms with E-state index in [2.05, 4.69) is 18.7 Å². The van der Waals surface area contributed by atoms with Crippen LogP contribution in [0.2, 0.25) is 0 Å². The van der Waals surface area contributed by atoms with Gasteiger partial charge in [-0.2, -0.15) is 0 Å². The summed E-state index contributed by atoms with van der Waals surface area (Å²) in [6, 6.07) is 0. The predicted octanol–water partition coefficient (Wildman–Crippen LogP) is 1.97. The molecular weight excluding hydrogens is 202 g/mol. The zero-order valence-electron chi connectivity index (χ0n) is 10.9. The molecule has 0 aromatic carbocycles. The zero-order chi connectivity index (χ0) is 11.4. The molecule has 15 heavy (non-hydrogen) atoms. The summed E-state index contributed by atoms with van der Waals surface area (Å²) in [7, 11) is 0.892. The van der Waals surface area contributed by atoms with Crippen molar-refractivity contribution in [3.8, 4) is 0 Å². The van der Waals surface area contributed by atoms with Gasteiger partial charge in [0.05, 0.1) is 0 Å². The van der Waals surface area contributed by atoms with E-state index in [1.165, 1.54) is 58.2 Å². The second kappa shape index (κ2) is 12.2. The lowest BCUT2D eigenvalue weighted by atomic mass is 10.2. The van der Waals surface area contributed by atoms with Gasteiger partial charge in [0.15, 0.2) is 0 Å². The number of nitrogens with zero attached hydrogens (tertiary/aromatic N) is 1. The van der Waals surface area contributed by atoms with Gasteiger partial charge in [-0.15, -0.1) is 0 Å². The number of hydrogen-bond acceptors (Lipinski definition) is 2. The minimum Gasteiger partial charge on any atom is -0.428 e. The van der Waals surface area contributed by atoms with E-state index in [-0.39, 0.29) is 0 Å². The van der Waals surface area contributed by atoms with Crippen molar-refractivity contribution >= 4 is 10.5 Å². The second-order valence-electron chi connectivity index (χ2n) is 4.25. The molecule has 0 saturated heterocycles. The highest BCUT2D eigenvalue weighted by molar-refractivity contribution is 5.97. The van der Waals surface area contributed by atoms with Crippen molar-refractivity contribution < 1.29 is 4.43 Å². The van der Waals surface area contributed by atoms with Gasteiger partial charge in [-0.25, -0.2) is 0 Å². The summed E-state index contributed by atoms with van der Waals surface area (Å²) in [5.74, 6) is 0. The lowest BCUT2D eigenvalue weighted by molar-refractivity contribution is 0.248. The molecule has 92 valence electrons. The summed E-state index contributed by atoms with van der Waals surface area (Å²) < 4.78 is 5.21. The Morgan fingerprint density at radius 2 is 1.40 bits per heavy atom. The van der Waals surface area contributed by atoms with Gasteiger partial charge < -0.3 is 9.33 Å². The average molecular weight is 231 g/mol. The van der Waals surface area contributed by atoms with Gasteiger partial charge in [0.1, 0.15) is 10.5 Å². The first-order valence-corrected chi connectivity index (χ1v) is 7.38. The lowest BCUT2D eigenvalue weighted by Gasteiger charge is -2.21. The standard InChI is InChI=1S/C12H29NOSi/c1-3-5-9-13(10-6-4-2)11-7-8-12-14-15/h3-12H2,1-2,15H3. The van der Waals surface area contributed by atoms with E-state index in [1.807, 2.05) is 0 Å². The molecule has 0 atom stereocenters. The van der Waals surface area contributed by atoms with E-state index >= 15 is 0 Å². The van der Waals surface area contributed by atoms with Crippen LogP contribution in [0.15, 0.2) is 0 Å². The SMILES string of the molecule is CCCCN(CCCC)CCCCO[SiH3]. The molecule has 0 N–H and O–H groups in total. The molecule has 0 unspecified atom stereocenters. The van der Waals surface area contributed by atoms with Gasteiger partial charge >= 0.3 is 0 Å². The molecule has 0 aromatic rings. The van der Waals surface area contributed by atoms with Crippen LogP contribution in [-0.4, -0.2) is 41.6 Å². The van der Waals surface area contributed by atoms with Gasteiger partial charge in [0.25, 0.3) is 0 Å². The van der Waals surface area contributed by atoms with Gasteiger partial charge in [0, 0.05) is 6.61 Å². The van der Waals surface area contributed by atoms with Gasteiger partial charge in [-0.1, -0.05) is 26.7 Å². The lowest BCUT2D eigenvalue weighted by Crippen LogP contribution is -2.27. The molecule has 0 rings (SSSR count). The Hall–Kier alpha value is 0.137. The van der Waals surface area contributed by atoms with Crippen LogP contribution in [0.25, 0.3) is 0 Å². The Balaban J connectivity index is 3.49. The quantitative estimate of drug-likeness (QED) is 0.398. The Kier molecular flexibility index (Phi) is 12.3. The molecule has 0 saturated carbocycles. The fraction of sp³-hybridized carbons (Fsp3) is 1.00. The van der Waals surface area contributed by atoms with Crippen molar-refractivity contribution in [2.45, 2.75) is 52.4 Å². The summed E-state index contributed by atoms with van der Waals surface area (Å²) in [5.41, 5.74) is 0. The molecule has 3 heteroatoms. The van der Waals surface area contributed by atoms with Crippen molar-refractivity contribution in [3.05, 3.63) is 0 Å². The average Bonchev–Trinajstić information content (AvgIpc) is 2.27. The topological polar surface area (TPSA) is 12.5 Å². The third kappa shape index (κ3) is 10.4. The molecule has 0 bridgehead atoms. The largest absolute Gasteiger partial charge is 0.428 e. The van der Waals surface area contributed by atoms with Crippen molar-refractivity contribution in [1.29, 1.82) is 0 Å². The maximum Gasteiger partial charge on any atom is 0.145 e. The maximum absolute atomic E-state index is 5.21. The molecule has 2 nitrogen and oxygen atoms in total. The maximum atomic E-state index is 5.21. The van der Waals surface area contributed by atoms with Crippen LogP contribution in [0.4, 0.5) is 0 Å². The fourth-order valence-corrected chi connectivity index (χ4v) is 1.97. The van der Waals surface area contributed by atoms with Gasteiger partial charge in [-0.3, -0.25) is 0 Å². The van der Waals surface area contributed by atoms with E-state index in [1.54, 1.807) is 0 Å². The summed E-state index contributed by atoms with van der Waals surface area (Å²) in [4.78, 5) is 2.63. The molecule has 0 aliphatic carbocycles. The molecule has 0 spiro atoms. The minimum absolute atomic E-state index is 0.892. The first-order valence-electron chi connectivity index (χ1n) is 6.56. The molecule has 0 amide bonds. The van der Waals surface area contributed by atoms with Gasteiger partial charge in [-0.05, 0) is 45.3 Å². The van der Waals surface area contributed by atoms with Crippen LogP contribution >= 0.6 is 0 Å². The number of hydrogen-bond donors (Lipinski definition) is 0. The van der Waals surface area contributed by atoms with Crippen molar-refractivity contribution in [3.63, 3.8) is 0 Å². The van der Waals surface area contributed by atoms with Crippen LogP contribution in [0.1, 0.15) is 52.4 Å².